The van der Waals surface area contributed by atoms with E-state index in [0.29, 0.717) is 12.3 Å². The molecule has 2 heterocycles. The third kappa shape index (κ3) is 4.27. The Morgan fingerprint density at radius 1 is 1.34 bits per heavy atom. The van der Waals surface area contributed by atoms with Crippen LogP contribution in [0.5, 0.6) is 5.75 Å². The van der Waals surface area contributed by atoms with Crippen LogP contribution in [-0.4, -0.2) is 65.0 Å². The third-order valence-corrected chi connectivity index (χ3v) is 5.20. The van der Waals surface area contributed by atoms with Gasteiger partial charge in [0.25, 0.3) is 5.91 Å². The number of benzene rings is 1. The normalized spacial score (nSPS) is 15.8. The lowest BCUT2D eigenvalue weighted by Crippen LogP contribution is -2.41. The maximum Gasteiger partial charge on any atom is 0.259 e. The first-order valence-corrected chi connectivity index (χ1v) is 9.75. The van der Waals surface area contributed by atoms with Gasteiger partial charge in [-0.05, 0) is 31.9 Å². The highest BCUT2D eigenvalue weighted by molar-refractivity contribution is 5.95. The van der Waals surface area contributed by atoms with Crippen LogP contribution in [-0.2, 0) is 22.6 Å². The molecule has 0 saturated carbocycles. The highest BCUT2D eigenvalue weighted by Crippen LogP contribution is 2.43. The molecule has 1 aliphatic rings. The first-order valence-electron chi connectivity index (χ1n) is 9.75. The second kappa shape index (κ2) is 8.65. The van der Waals surface area contributed by atoms with E-state index in [2.05, 4.69) is 5.10 Å². The number of hydrogen-bond donors (Lipinski definition) is 1. The second-order valence-corrected chi connectivity index (χ2v) is 7.51. The molecule has 29 heavy (non-hydrogen) atoms. The lowest BCUT2D eigenvalue weighted by molar-refractivity contribution is -0.130. The molecule has 8 nitrogen and oxygen atoms in total. The van der Waals surface area contributed by atoms with E-state index in [0.717, 1.165) is 35.2 Å². The van der Waals surface area contributed by atoms with Gasteiger partial charge in [-0.1, -0.05) is 0 Å². The first kappa shape index (κ1) is 20.9. The van der Waals surface area contributed by atoms with Crippen LogP contribution in [0.2, 0.25) is 0 Å². The van der Waals surface area contributed by atoms with Crippen LogP contribution in [0.1, 0.15) is 25.8 Å². The fraction of sp³-hybridized carbons (Fsp3) is 0.476. The van der Waals surface area contributed by atoms with Crippen LogP contribution in [0.4, 0.5) is 5.69 Å². The summed E-state index contributed by atoms with van der Waals surface area (Å²) in [5, 5.41) is 13.4. The van der Waals surface area contributed by atoms with Gasteiger partial charge < -0.3 is 19.6 Å². The lowest BCUT2D eigenvalue weighted by Gasteiger charge is -2.36. The van der Waals surface area contributed by atoms with Gasteiger partial charge in [0.05, 0.1) is 25.0 Å². The summed E-state index contributed by atoms with van der Waals surface area (Å²) in [4.78, 5) is 27.7. The molecule has 0 aliphatic carbocycles. The number of aliphatic hydroxyl groups is 1. The summed E-state index contributed by atoms with van der Waals surface area (Å²) < 4.78 is 7.69. The molecule has 1 aliphatic heterocycles. The zero-order valence-electron chi connectivity index (χ0n) is 17.4. The number of ether oxygens (including phenoxy) is 1. The van der Waals surface area contributed by atoms with Crippen molar-refractivity contribution in [2.45, 2.75) is 39.3 Å². The van der Waals surface area contributed by atoms with Crippen LogP contribution in [0.15, 0.2) is 24.5 Å². The van der Waals surface area contributed by atoms with E-state index in [1.54, 1.807) is 36.8 Å². The predicted octanol–water partition coefficient (Wildman–Crippen LogP) is 1.70. The van der Waals surface area contributed by atoms with Crippen LogP contribution < -0.4 is 9.64 Å². The van der Waals surface area contributed by atoms with Gasteiger partial charge in [-0.25, -0.2) is 0 Å². The summed E-state index contributed by atoms with van der Waals surface area (Å²) in [6, 6.07) is 3.95. The van der Waals surface area contributed by atoms with E-state index >= 15 is 0 Å². The molecule has 1 aromatic carbocycles. The number of nitrogens with zero attached hydrogens (tertiary/aromatic N) is 4. The van der Waals surface area contributed by atoms with E-state index in [1.807, 2.05) is 25.3 Å². The van der Waals surface area contributed by atoms with E-state index in [4.69, 9.17) is 9.84 Å². The summed E-state index contributed by atoms with van der Waals surface area (Å²) in [5.74, 6) is 0.453. The highest BCUT2D eigenvalue weighted by Gasteiger charge is 2.30. The third-order valence-electron chi connectivity index (χ3n) is 5.20. The summed E-state index contributed by atoms with van der Waals surface area (Å²) in [7, 11) is 3.37. The number of carbonyl (C=O) groups is 2. The number of anilines is 1. The van der Waals surface area contributed by atoms with Crippen LogP contribution in [0.25, 0.3) is 11.1 Å². The Balaban J connectivity index is 2.08. The number of amides is 2. The predicted molar refractivity (Wildman–Crippen MR) is 110 cm³/mol. The fourth-order valence-corrected chi connectivity index (χ4v) is 3.67. The molecule has 3 rings (SSSR count). The van der Waals surface area contributed by atoms with E-state index < -0.39 is 0 Å². The summed E-state index contributed by atoms with van der Waals surface area (Å²) in [5.41, 5.74) is 3.41. The van der Waals surface area contributed by atoms with Crippen molar-refractivity contribution in [1.29, 1.82) is 0 Å². The number of rotatable bonds is 6. The minimum absolute atomic E-state index is 0.00252. The molecule has 0 unspecified atom stereocenters. The monoisotopic (exact) mass is 400 g/mol. The molecule has 1 atom stereocenters. The lowest BCUT2D eigenvalue weighted by atomic mass is 9.92. The Morgan fingerprint density at radius 3 is 2.76 bits per heavy atom. The van der Waals surface area contributed by atoms with E-state index in [1.165, 1.54) is 4.90 Å². The molecule has 2 aromatic rings. The fourth-order valence-electron chi connectivity index (χ4n) is 3.67. The van der Waals surface area contributed by atoms with Gasteiger partial charge in [0.1, 0.15) is 5.75 Å². The molecule has 1 N–H and O–H groups in total. The van der Waals surface area contributed by atoms with Gasteiger partial charge in [-0.15, -0.1) is 0 Å². The van der Waals surface area contributed by atoms with Crippen molar-refractivity contribution in [3.8, 4) is 16.9 Å². The van der Waals surface area contributed by atoms with Crippen molar-refractivity contribution in [2.24, 2.45) is 0 Å². The molecule has 0 radical (unpaired) electrons. The quantitative estimate of drug-likeness (QED) is 0.797. The van der Waals surface area contributed by atoms with Crippen molar-refractivity contribution in [3.05, 3.63) is 30.1 Å². The number of carbonyl (C=O) groups excluding carboxylic acids is 2. The average Bonchev–Trinajstić information content (AvgIpc) is 3.13. The molecule has 0 bridgehead atoms. The van der Waals surface area contributed by atoms with Gasteiger partial charge >= 0.3 is 0 Å². The number of hydrogen-bond acceptors (Lipinski definition) is 5. The Hall–Kier alpha value is -2.87. The Morgan fingerprint density at radius 2 is 2.10 bits per heavy atom. The van der Waals surface area contributed by atoms with Crippen LogP contribution in [0, 0.1) is 0 Å². The molecule has 8 heteroatoms. The summed E-state index contributed by atoms with van der Waals surface area (Å²) >= 11 is 0. The zero-order chi connectivity index (χ0) is 21.1. The number of likely N-dealkylation sites (N-methyl/N-ethyl adjacent to an activating group) is 1. The van der Waals surface area contributed by atoms with Gasteiger partial charge in [-0.3, -0.25) is 14.3 Å². The van der Waals surface area contributed by atoms with E-state index in [9.17, 15) is 9.59 Å². The maximum atomic E-state index is 12.3. The minimum Gasteiger partial charge on any atom is -0.483 e. The maximum absolute atomic E-state index is 12.3. The summed E-state index contributed by atoms with van der Waals surface area (Å²) in [6.45, 7) is 3.91. The van der Waals surface area contributed by atoms with Gasteiger partial charge in [0.2, 0.25) is 5.91 Å². The molecular formula is C21H28N4O4. The molecule has 0 spiro atoms. The molecule has 2 amide bonds. The van der Waals surface area contributed by atoms with Gasteiger partial charge in [-0.2, -0.15) is 5.10 Å². The van der Waals surface area contributed by atoms with Gasteiger partial charge in [0, 0.05) is 49.9 Å². The topological polar surface area (TPSA) is 87.9 Å². The number of aliphatic hydroxyl groups excluding tert-OH is 1. The van der Waals surface area contributed by atoms with Crippen molar-refractivity contribution in [1.82, 2.24) is 14.7 Å². The Kier molecular flexibility index (Phi) is 6.22. The second-order valence-electron chi connectivity index (χ2n) is 7.51. The average molecular weight is 400 g/mol. The molecule has 0 saturated heterocycles. The Bertz CT molecular complexity index is 906. The van der Waals surface area contributed by atoms with Crippen molar-refractivity contribution >= 4 is 17.5 Å². The minimum atomic E-state index is -0.142. The standard InChI is InChI=1S/C21H28N4O4/c1-14-5-6-18-19(25(14)15(2)27)8-7-17(16-11-22-24(12-16)9-10-26)21(18)29-13-20(28)23(3)4/h7-8,11-12,14,26H,5-6,9-10,13H2,1-4H3/t14-/m0/s1. The molecule has 0 fully saturated rings. The van der Waals surface area contributed by atoms with Crippen molar-refractivity contribution < 1.29 is 19.4 Å². The molecule has 1 aromatic heterocycles. The highest BCUT2D eigenvalue weighted by atomic mass is 16.5. The van der Waals surface area contributed by atoms with Crippen LogP contribution in [0.3, 0.4) is 0 Å². The molecule has 156 valence electrons. The summed E-state index contributed by atoms with van der Waals surface area (Å²) in [6.07, 6.45) is 5.13. The smallest absolute Gasteiger partial charge is 0.259 e. The Labute approximate surface area is 170 Å². The van der Waals surface area contributed by atoms with Crippen LogP contribution >= 0.6 is 0 Å². The van der Waals surface area contributed by atoms with Crippen molar-refractivity contribution in [2.75, 3.05) is 32.2 Å². The largest absolute Gasteiger partial charge is 0.483 e. The van der Waals surface area contributed by atoms with Crippen molar-refractivity contribution in [3.63, 3.8) is 0 Å². The first-order chi connectivity index (χ1) is 13.8. The SMILES string of the molecule is CC(=O)N1c2ccc(-c3cnn(CCO)c3)c(OCC(=O)N(C)C)c2CC[C@@H]1C. The van der Waals surface area contributed by atoms with Gasteiger partial charge in [0.15, 0.2) is 6.61 Å². The number of aromatic nitrogens is 2. The molecular weight excluding hydrogens is 372 g/mol. The zero-order valence-corrected chi connectivity index (χ0v) is 17.4. The van der Waals surface area contributed by atoms with E-state index in [-0.39, 0.29) is 31.1 Å². The number of fused-ring (bicyclic) bond motifs is 1.